The highest BCUT2D eigenvalue weighted by Crippen LogP contribution is 2.29. The lowest BCUT2D eigenvalue weighted by Gasteiger charge is -2.13. The molecule has 0 fully saturated rings. The van der Waals surface area contributed by atoms with Gasteiger partial charge in [0.05, 0.1) is 24.5 Å². The lowest BCUT2D eigenvalue weighted by atomic mass is 10.1. The molecular formula is C26H24N4O5. The van der Waals surface area contributed by atoms with Crippen molar-refractivity contribution in [1.82, 2.24) is 10.2 Å². The quantitative estimate of drug-likeness (QED) is 0.351. The normalized spacial score (nSPS) is 10.5. The van der Waals surface area contributed by atoms with E-state index in [0.29, 0.717) is 36.0 Å². The van der Waals surface area contributed by atoms with Crippen LogP contribution < -0.4 is 20.1 Å². The van der Waals surface area contributed by atoms with Crippen LogP contribution in [0.15, 0.2) is 77.2 Å². The summed E-state index contributed by atoms with van der Waals surface area (Å²) < 4.78 is 16.7. The predicted octanol–water partition coefficient (Wildman–Crippen LogP) is 5.04. The number of amides is 2. The Morgan fingerprint density at radius 3 is 2.29 bits per heavy atom. The minimum Gasteiger partial charge on any atom is -0.490 e. The van der Waals surface area contributed by atoms with Crippen molar-refractivity contribution < 1.29 is 23.5 Å². The number of para-hydroxylation sites is 1. The van der Waals surface area contributed by atoms with Crippen molar-refractivity contribution in [3.8, 4) is 23.0 Å². The van der Waals surface area contributed by atoms with E-state index in [4.69, 9.17) is 13.9 Å². The van der Waals surface area contributed by atoms with E-state index >= 15 is 0 Å². The van der Waals surface area contributed by atoms with E-state index in [1.165, 1.54) is 0 Å². The second kappa shape index (κ2) is 11.0. The Bertz CT molecular complexity index is 1320. The summed E-state index contributed by atoms with van der Waals surface area (Å²) >= 11 is 0. The number of aromatic nitrogens is 2. The SMILES string of the molecule is CCOc1ccc(C(=O)Nc2ccccc2C(=O)Nc2nnc(-c3ccccc3)o2)cc1OCC. The molecule has 0 bridgehead atoms. The summed E-state index contributed by atoms with van der Waals surface area (Å²) in [5, 5.41) is 13.2. The first-order valence-electron chi connectivity index (χ1n) is 11.1. The first kappa shape index (κ1) is 23.5. The zero-order valence-corrected chi connectivity index (χ0v) is 19.3. The molecule has 9 heteroatoms. The van der Waals surface area contributed by atoms with Crippen molar-refractivity contribution in [3.05, 3.63) is 83.9 Å². The number of rotatable bonds is 9. The van der Waals surface area contributed by atoms with Crippen LogP contribution in [0.2, 0.25) is 0 Å². The third-order valence-electron chi connectivity index (χ3n) is 4.89. The summed E-state index contributed by atoms with van der Waals surface area (Å²) in [6.45, 7) is 4.62. The van der Waals surface area contributed by atoms with Gasteiger partial charge < -0.3 is 19.2 Å². The Labute approximate surface area is 202 Å². The standard InChI is InChI=1S/C26H24N4O5/c1-3-33-21-15-14-18(16-22(21)34-4-2)23(31)27-20-13-9-8-12-19(20)24(32)28-26-30-29-25(35-26)17-10-6-5-7-11-17/h5-16H,3-4H2,1-2H3,(H,27,31)(H,28,30,32). The monoisotopic (exact) mass is 472 g/mol. The number of hydrogen-bond acceptors (Lipinski definition) is 7. The van der Waals surface area contributed by atoms with Crippen molar-refractivity contribution in [3.63, 3.8) is 0 Å². The second-order valence-electron chi connectivity index (χ2n) is 7.26. The lowest BCUT2D eigenvalue weighted by Crippen LogP contribution is -2.18. The van der Waals surface area contributed by atoms with Gasteiger partial charge >= 0.3 is 6.01 Å². The van der Waals surface area contributed by atoms with Gasteiger partial charge in [0.2, 0.25) is 5.89 Å². The summed E-state index contributed by atoms with van der Waals surface area (Å²) in [6, 6.07) is 20.7. The fourth-order valence-corrected chi connectivity index (χ4v) is 3.31. The Kier molecular flexibility index (Phi) is 7.37. The summed E-state index contributed by atoms with van der Waals surface area (Å²) in [4.78, 5) is 25.9. The summed E-state index contributed by atoms with van der Waals surface area (Å²) in [5.41, 5.74) is 1.65. The van der Waals surface area contributed by atoms with Crippen LogP contribution >= 0.6 is 0 Å². The molecule has 9 nitrogen and oxygen atoms in total. The van der Waals surface area contributed by atoms with Gasteiger partial charge in [0.1, 0.15) is 0 Å². The van der Waals surface area contributed by atoms with Gasteiger partial charge in [-0.1, -0.05) is 35.4 Å². The zero-order valence-electron chi connectivity index (χ0n) is 19.3. The molecule has 2 amide bonds. The maximum Gasteiger partial charge on any atom is 0.322 e. The highest BCUT2D eigenvalue weighted by Gasteiger charge is 2.18. The van der Waals surface area contributed by atoms with Crippen molar-refractivity contribution in [2.75, 3.05) is 23.8 Å². The van der Waals surface area contributed by atoms with Crippen molar-refractivity contribution in [2.45, 2.75) is 13.8 Å². The van der Waals surface area contributed by atoms with Gasteiger partial charge in [-0.3, -0.25) is 14.9 Å². The van der Waals surface area contributed by atoms with Crippen LogP contribution in [0, 0.1) is 0 Å². The molecule has 0 unspecified atom stereocenters. The molecule has 1 aromatic heterocycles. The average Bonchev–Trinajstić information content (AvgIpc) is 3.34. The Morgan fingerprint density at radius 2 is 1.51 bits per heavy atom. The van der Waals surface area contributed by atoms with Crippen molar-refractivity contribution >= 4 is 23.5 Å². The van der Waals surface area contributed by atoms with Gasteiger partial charge in [-0.25, -0.2) is 0 Å². The molecule has 0 atom stereocenters. The molecule has 1 heterocycles. The number of carbonyl (C=O) groups is 2. The number of carbonyl (C=O) groups excluding carboxylic acids is 2. The smallest absolute Gasteiger partial charge is 0.322 e. The molecule has 4 rings (SSSR count). The molecule has 0 radical (unpaired) electrons. The van der Waals surface area contributed by atoms with Crippen molar-refractivity contribution in [2.24, 2.45) is 0 Å². The summed E-state index contributed by atoms with van der Waals surface area (Å²) in [5.74, 6) is 0.395. The van der Waals surface area contributed by atoms with E-state index in [1.54, 1.807) is 42.5 Å². The first-order valence-corrected chi connectivity index (χ1v) is 11.1. The zero-order chi connectivity index (χ0) is 24.6. The van der Waals surface area contributed by atoms with E-state index in [2.05, 4.69) is 20.8 Å². The molecule has 0 saturated heterocycles. The fraction of sp³-hybridized carbons (Fsp3) is 0.154. The molecule has 35 heavy (non-hydrogen) atoms. The maximum atomic E-state index is 13.0. The highest BCUT2D eigenvalue weighted by atomic mass is 16.5. The molecule has 0 saturated carbocycles. The third kappa shape index (κ3) is 5.64. The maximum absolute atomic E-state index is 13.0. The van der Waals surface area contributed by atoms with Gasteiger partial charge in [0, 0.05) is 11.1 Å². The Morgan fingerprint density at radius 1 is 0.800 bits per heavy atom. The number of nitrogens with zero attached hydrogens (tertiary/aromatic N) is 2. The first-order chi connectivity index (χ1) is 17.1. The van der Waals surface area contributed by atoms with E-state index in [1.807, 2.05) is 44.2 Å². The van der Waals surface area contributed by atoms with E-state index in [-0.39, 0.29) is 17.5 Å². The number of anilines is 2. The van der Waals surface area contributed by atoms with Crippen LogP contribution in [0.5, 0.6) is 11.5 Å². The minimum atomic E-state index is -0.508. The predicted molar refractivity (Wildman–Crippen MR) is 131 cm³/mol. The molecule has 0 aliphatic carbocycles. The number of ether oxygens (including phenoxy) is 2. The number of hydrogen-bond donors (Lipinski definition) is 2. The van der Waals surface area contributed by atoms with Crippen LogP contribution in [0.3, 0.4) is 0 Å². The van der Waals surface area contributed by atoms with Crippen LogP contribution in [-0.4, -0.2) is 35.2 Å². The van der Waals surface area contributed by atoms with Crippen LogP contribution in [0.1, 0.15) is 34.6 Å². The molecule has 0 spiro atoms. The van der Waals surface area contributed by atoms with Crippen LogP contribution in [0.25, 0.3) is 11.5 Å². The van der Waals surface area contributed by atoms with Crippen LogP contribution in [0.4, 0.5) is 11.7 Å². The highest BCUT2D eigenvalue weighted by molar-refractivity contribution is 6.12. The van der Waals surface area contributed by atoms with Gasteiger partial charge in [0.25, 0.3) is 11.8 Å². The molecule has 0 aliphatic heterocycles. The molecule has 4 aromatic rings. The largest absolute Gasteiger partial charge is 0.490 e. The van der Waals surface area contributed by atoms with Gasteiger partial charge in [-0.2, -0.15) is 0 Å². The van der Waals surface area contributed by atoms with Crippen molar-refractivity contribution in [1.29, 1.82) is 0 Å². The molecule has 178 valence electrons. The minimum absolute atomic E-state index is 0.0529. The van der Waals surface area contributed by atoms with E-state index in [0.717, 1.165) is 5.56 Å². The van der Waals surface area contributed by atoms with Gasteiger partial charge in [-0.05, 0) is 56.3 Å². The molecular weight excluding hydrogens is 448 g/mol. The molecule has 3 aromatic carbocycles. The van der Waals surface area contributed by atoms with E-state index in [9.17, 15) is 9.59 Å². The number of nitrogens with one attached hydrogen (secondary N) is 2. The average molecular weight is 473 g/mol. The second-order valence-corrected chi connectivity index (χ2v) is 7.26. The summed E-state index contributed by atoms with van der Waals surface area (Å²) in [7, 11) is 0. The molecule has 2 N–H and O–H groups in total. The van der Waals surface area contributed by atoms with E-state index < -0.39 is 11.8 Å². The molecule has 0 aliphatic rings. The van der Waals surface area contributed by atoms with Gasteiger partial charge in [-0.15, -0.1) is 5.10 Å². The Hall–Kier alpha value is -4.66. The third-order valence-corrected chi connectivity index (χ3v) is 4.89. The Balaban J connectivity index is 1.50. The topological polar surface area (TPSA) is 116 Å². The summed E-state index contributed by atoms with van der Waals surface area (Å²) in [6.07, 6.45) is 0. The van der Waals surface area contributed by atoms with Crippen LogP contribution in [-0.2, 0) is 0 Å². The lowest BCUT2D eigenvalue weighted by molar-refractivity contribution is 0.102. The fourth-order valence-electron chi connectivity index (χ4n) is 3.31. The number of benzene rings is 3. The van der Waals surface area contributed by atoms with Gasteiger partial charge in [0.15, 0.2) is 11.5 Å².